The van der Waals surface area contributed by atoms with Crippen LogP contribution in [-0.4, -0.2) is 23.4 Å². The third-order valence-electron chi connectivity index (χ3n) is 2.56. The van der Waals surface area contributed by atoms with Crippen LogP contribution in [0.5, 0.6) is 0 Å². The summed E-state index contributed by atoms with van der Waals surface area (Å²) in [6.45, 7) is 0.0368. The predicted molar refractivity (Wildman–Crippen MR) is 73.2 cm³/mol. The molecule has 0 saturated carbocycles. The Morgan fingerprint density at radius 2 is 1.80 bits per heavy atom. The number of pyridine rings is 1. The molecule has 20 heavy (non-hydrogen) atoms. The molecule has 0 aliphatic heterocycles. The summed E-state index contributed by atoms with van der Waals surface area (Å²) in [7, 11) is 0. The van der Waals surface area contributed by atoms with Crippen molar-refractivity contribution >= 4 is 11.9 Å². The van der Waals surface area contributed by atoms with Crippen molar-refractivity contribution in [2.24, 2.45) is 0 Å². The molecular weight excluding hydrogens is 256 g/mol. The fourth-order valence-corrected chi connectivity index (χ4v) is 1.54. The Morgan fingerprint density at radius 3 is 2.50 bits per heavy atom. The standard InChI is InChI=1S/C15H14N2O3/c18-14(13-8-4-5-9-16-13)10-17-15(19)20-11-12-6-2-1-3-7-12/h1-9H,10-11H2,(H,17,19). The third-order valence-corrected chi connectivity index (χ3v) is 2.56. The van der Waals surface area contributed by atoms with Gasteiger partial charge in [0.1, 0.15) is 12.3 Å². The number of benzene rings is 1. The number of nitrogens with one attached hydrogen (secondary N) is 1. The number of alkyl carbamates (subject to hydrolysis) is 1. The molecule has 0 saturated heterocycles. The number of Topliss-reactive ketones (excluding diaryl/α,β-unsaturated/α-hetero) is 1. The molecular formula is C15H14N2O3. The minimum atomic E-state index is -0.627. The fraction of sp³-hybridized carbons (Fsp3) is 0.133. The van der Waals surface area contributed by atoms with Crippen LogP contribution >= 0.6 is 0 Å². The minimum Gasteiger partial charge on any atom is -0.445 e. The molecule has 0 aliphatic rings. The van der Waals surface area contributed by atoms with E-state index < -0.39 is 6.09 Å². The van der Waals surface area contributed by atoms with E-state index in [1.807, 2.05) is 30.3 Å². The Balaban J connectivity index is 1.74. The van der Waals surface area contributed by atoms with E-state index >= 15 is 0 Å². The molecule has 0 unspecified atom stereocenters. The quantitative estimate of drug-likeness (QED) is 0.846. The number of hydrogen-bond acceptors (Lipinski definition) is 4. The van der Waals surface area contributed by atoms with E-state index in [1.54, 1.807) is 18.2 Å². The van der Waals surface area contributed by atoms with Gasteiger partial charge in [-0.1, -0.05) is 36.4 Å². The number of hydrogen-bond donors (Lipinski definition) is 1. The van der Waals surface area contributed by atoms with Crippen LogP contribution in [0, 0.1) is 0 Å². The topological polar surface area (TPSA) is 68.3 Å². The summed E-state index contributed by atoms with van der Waals surface area (Å²) >= 11 is 0. The Hall–Kier alpha value is -2.69. The van der Waals surface area contributed by atoms with E-state index in [4.69, 9.17) is 4.74 Å². The molecule has 2 rings (SSSR count). The Bertz CT molecular complexity index is 570. The van der Waals surface area contributed by atoms with Gasteiger partial charge in [-0.15, -0.1) is 0 Å². The maximum absolute atomic E-state index is 11.7. The zero-order chi connectivity index (χ0) is 14.2. The number of aromatic nitrogens is 1. The summed E-state index contributed by atoms with van der Waals surface area (Å²) in [4.78, 5) is 27.0. The highest BCUT2D eigenvalue weighted by atomic mass is 16.5. The van der Waals surface area contributed by atoms with Gasteiger partial charge in [0.05, 0.1) is 6.54 Å². The first-order chi connectivity index (χ1) is 9.75. The lowest BCUT2D eigenvalue weighted by molar-refractivity contribution is 0.0969. The summed E-state index contributed by atoms with van der Waals surface area (Å²) in [5, 5.41) is 2.40. The first-order valence-electron chi connectivity index (χ1n) is 6.14. The monoisotopic (exact) mass is 270 g/mol. The van der Waals surface area contributed by atoms with Gasteiger partial charge in [0.25, 0.3) is 0 Å². The normalized spacial score (nSPS) is 9.80. The predicted octanol–water partition coefficient (Wildman–Crippen LogP) is 2.19. The highest BCUT2D eigenvalue weighted by Crippen LogP contribution is 2.00. The van der Waals surface area contributed by atoms with Gasteiger partial charge in [-0.3, -0.25) is 9.78 Å². The van der Waals surface area contributed by atoms with Crippen LogP contribution in [-0.2, 0) is 11.3 Å². The van der Waals surface area contributed by atoms with Gasteiger partial charge in [0.2, 0.25) is 0 Å². The van der Waals surface area contributed by atoms with Gasteiger partial charge in [-0.05, 0) is 17.7 Å². The highest BCUT2D eigenvalue weighted by Gasteiger charge is 2.09. The zero-order valence-electron chi connectivity index (χ0n) is 10.8. The van der Waals surface area contributed by atoms with Crippen LogP contribution in [0.2, 0.25) is 0 Å². The first kappa shape index (κ1) is 13.7. The molecule has 0 radical (unpaired) electrons. The lowest BCUT2D eigenvalue weighted by Crippen LogP contribution is -2.30. The lowest BCUT2D eigenvalue weighted by Gasteiger charge is -2.06. The number of carbonyl (C=O) groups excluding carboxylic acids is 2. The molecule has 0 spiro atoms. The number of amides is 1. The van der Waals surface area contributed by atoms with Gasteiger partial charge in [-0.2, -0.15) is 0 Å². The molecule has 0 fully saturated rings. The van der Waals surface area contributed by atoms with Crippen LogP contribution in [0.1, 0.15) is 16.1 Å². The summed E-state index contributed by atoms with van der Waals surface area (Å²) in [5.41, 5.74) is 1.20. The van der Waals surface area contributed by atoms with E-state index in [2.05, 4.69) is 10.3 Å². The van der Waals surface area contributed by atoms with Crippen molar-refractivity contribution in [3.8, 4) is 0 Å². The number of nitrogens with zero attached hydrogens (tertiary/aromatic N) is 1. The van der Waals surface area contributed by atoms with Gasteiger partial charge in [-0.25, -0.2) is 4.79 Å². The molecule has 102 valence electrons. The molecule has 1 aromatic carbocycles. The Labute approximate surface area is 116 Å². The number of ketones is 1. The Morgan fingerprint density at radius 1 is 1.05 bits per heavy atom. The molecule has 1 amide bonds. The van der Waals surface area contributed by atoms with E-state index in [0.29, 0.717) is 5.69 Å². The molecule has 1 N–H and O–H groups in total. The molecule has 2 aromatic rings. The second-order valence-electron chi connectivity index (χ2n) is 4.05. The second kappa shape index (κ2) is 7.04. The molecule has 0 atom stereocenters. The van der Waals surface area contributed by atoms with E-state index in [0.717, 1.165) is 5.56 Å². The molecule has 5 nitrogen and oxygen atoms in total. The summed E-state index contributed by atoms with van der Waals surface area (Å²) in [6, 6.07) is 14.3. The van der Waals surface area contributed by atoms with Crippen molar-refractivity contribution in [3.63, 3.8) is 0 Å². The van der Waals surface area contributed by atoms with E-state index in [-0.39, 0.29) is 18.9 Å². The van der Waals surface area contributed by atoms with Crippen LogP contribution < -0.4 is 5.32 Å². The second-order valence-corrected chi connectivity index (χ2v) is 4.05. The summed E-state index contributed by atoms with van der Waals surface area (Å²) in [6.07, 6.45) is 0.902. The number of ether oxygens (including phenoxy) is 1. The van der Waals surface area contributed by atoms with Crippen LogP contribution in [0.25, 0.3) is 0 Å². The number of carbonyl (C=O) groups is 2. The van der Waals surface area contributed by atoms with Crippen molar-refractivity contribution in [2.45, 2.75) is 6.61 Å². The average molecular weight is 270 g/mol. The van der Waals surface area contributed by atoms with Crippen molar-refractivity contribution in [1.82, 2.24) is 10.3 Å². The van der Waals surface area contributed by atoms with E-state index in [1.165, 1.54) is 6.20 Å². The maximum atomic E-state index is 11.7. The highest BCUT2D eigenvalue weighted by molar-refractivity contribution is 5.97. The van der Waals surface area contributed by atoms with Crippen LogP contribution in [0.4, 0.5) is 4.79 Å². The number of rotatable bonds is 5. The van der Waals surface area contributed by atoms with Crippen molar-refractivity contribution in [2.75, 3.05) is 6.54 Å². The van der Waals surface area contributed by atoms with E-state index in [9.17, 15) is 9.59 Å². The largest absolute Gasteiger partial charge is 0.445 e. The van der Waals surface area contributed by atoms with Gasteiger partial charge in [0.15, 0.2) is 5.78 Å². The average Bonchev–Trinajstić information content (AvgIpc) is 2.52. The molecule has 1 aromatic heterocycles. The van der Waals surface area contributed by atoms with Crippen molar-refractivity contribution < 1.29 is 14.3 Å². The van der Waals surface area contributed by atoms with Crippen LogP contribution in [0.15, 0.2) is 54.7 Å². The molecule has 0 aliphatic carbocycles. The lowest BCUT2D eigenvalue weighted by atomic mass is 10.2. The minimum absolute atomic E-state index is 0.134. The zero-order valence-corrected chi connectivity index (χ0v) is 10.8. The van der Waals surface area contributed by atoms with Crippen molar-refractivity contribution in [1.29, 1.82) is 0 Å². The molecule has 0 bridgehead atoms. The smallest absolute Gasteiger partial charge is 0.407 e. The summed E-state index contributed by atoms with van der Waals surface area (Å²) < 4.78 is 4.99. The van der Waals surface area contributed by atoms with Crippen LogP contribution in [0.3, 0.4) is 0 Å². The maximum Gasteiger partial charge on any atom is 0.407 e. The third kappa shape index (κ3) is 4.20. The first-order valence-corrected chi connectivity index (χ1v) is 6.14. The van der Waals surface area contributed by atoms with Crippen molar-refractivity contribution in [3.05, 3.63) is 66.0 Å². The Kier molecular flexibility index (Phi) is 4.83. The van der Waals surface area contributed by atoms with Gasteiger partial charge >= 0.3 is 6.09 Å². The fourth-order valence-electron chi connectivity index (χ4n) is 1.54. The van der Waals surface area contributed by atoms with Gasteiger partial charge < -0.3 is 10.1 Å². The molecule has 1 heterocycles. The SMILES string of the molecule is O=C(NCC(=O)c1ccccn1)OCc1ccccc1. The summed E-state index contributed by atoms with van der Waals surface area (Å²) in [5.74, 6) is -0.262. The molecule has 5 heteroatoms. The van der Waals surface area contributed by atoms with Gasteiger partial charge in [0, 0.05) is 6.20 Å².